The molecule has 0 spiro atoms. The van der Waals surface area contributed by atoms with Gasteiger partial charge in [-0.1, -0.05) is 12.1 Å². The molecule has 0 saturated heterocycles. The summed E-state index contributed by atoms with van der Waals surface area (Å²) in [5.41, 5.74) is 7.07. The van der Waals surface area contributed by atoms with Crippen LogP contribution in [0.1, 0.15) is 22.3 Å². The molecule has 0 aliphatic rings. The standard InChI is InChI=1S/C16H16N2.Eu/c1-9-7-17-15-13(11(9)3)5-6-14-12(4)10(2)8-18-16(14)15;/h5-8H,1-4H3;. The Bertz CT molecular complexity index is 712. The Morgan fingerprint density at radius 3 is 1.42 bits per heavy atom. The number of fused-ring (bicyclic) bond motifs is 3. The van der Waals surface area contributed by atoms with Crippen LogP contribution in [-0.2, 0) is 0 Å². The fourth-order valence-electron chi connectivity index (χ4n) is 2.39. The summed E-state index contributed by atoms with van der Waals surface area (Å²) < 4.78 is 0. The summed E-state index contributed by atoms with van der Waals surface area (Å²) in [6, 6.07) is 4.34. The summed E-state index contributed by atoms with van der Waals surface area (Å²) in [4.78, 5) is 9.16. The van der Waals surface area contributed by atoms with Crippen LogP contribution >= 0.6 is 0 Å². The molecule has 1 radical (unpaired) electrons. The molecule has 0 aliphatic heterocycles. The van der Waals surface area contributed by atoms with Gasteiger partial charge in [-0.05, 0) is 49.9 Å². The largest absolute Gasteiger partial charge is 0.254 e. The summed E-state index contributed by atoms with van der Waals surface area (Å²) in [6.45, 7) is 8.48. The summed E-state index contributed by atoms with van der Waals surface area (Å²) in [6.07, 6.45) is 3.88. The van der Waals surface area contributed by atoms with Crippen LogP contribution in [0.2, 0.25) is 0 Å². The van der Waals surface area contributed by atoms with E-state index in [4.69, 9.17) is 0 Å². The molecule has 2 aromatic heterocycles. The van der Waals surface area contributed by atoms with Crippen LogP contribution < -0.4 is 0 Å². The van der Waals surface area contributed by atoms with E-state index in [-0.39, 0.29) is 49.4 Å². The van der Waals surface area contributed by atoms with Crippen LogP contribution in [0.15, 0.2) is 24.5 Å². The van der Waals surface area contributed by atoms with E-state index >= 15 is 0 Å². The van der Waals surface area contributed by atoms with Crippen molar-refractivity contribution in [1.82, 2.24) is 9.97 Å². The number of aryl methyl sites for hydroxylation is 4. The minimum absolute atomic E-state index is 0. The molecular formula is C16H16EuN2. The first-order chi connectivity index (χ1) is 8.59. The van der Waals surface area contributed by atoms with Gasteiger partial charge in [0.25, 0.3) is 0 Å². The first kappa shape index (κ1) is 15.0. The van der Waals surface area contributed by atoms with Gasteiger partial charge >= 0.3 is 0 Å². The summed E-state index contributed by atoms with van der Waals surface area (Å²) in [7, 11) is 0. The smallest absolute Gasteiger partial charge is 0.0967 e. The first-order valence-corrected chi connectivity index (χ1v) is 6.20. The fourth-order valence-corrected chi connectivity index (χ4v) is 2.39. The maximum atomic E-state index is 4.58. The zero-order chi connectivity index (χ0) is 12.9. The van der Waals surface area contributed by atoms with Crippen molar-refractivity contribution in [2.75, 3.05) is 0 Å². The van der Waals surface area contributed by atoms with Gasteiger partial charge in [0.1, 0.15) is 0 Å². The molecule has 2 heterocycles. The third kappa shape index (κ3) is 2.37. The van der Waals surface area contributed by atoms with Crippen molar-refractivity contribution in [2.45, 2.75) is 27.7 Å². The van der Waals surface area contributed by atoms with Crippen LogP contribution in [0, 0.1) is 77.1 Å². The second-order valence-corrected chi connectivity index (χ2v) is 4.99. The van der Waals surface area contributed by atoms with E-state index in [2.05, 4.69) is 49.8 Å². The normalized spacial score (nSPS) is 10.7. The fraction of sp³-hybridized carbons (Fsp3) is 0.250. The Labute approximate surface area is 154 Å². The van der Waals surface area contributed by atoms with Gasteiger partial charge in [-0.2, -0.15) is 0 Å². The third-order valence-corrected chi connectivity index (χ3v) is 3.92. The molecule has 3 heteroatoms. The zero-order valence-electron chi connectivity index (χ0n) is 11.6. The summed E-state index contributed by atoms with van der Waals surface area (Å²) >= 11 is 0. The Balaban J connectivity index is 0.00000133. The average molecular weight is 388 g/mol. The molecule has 97 valence electrons. The van der Waals surface area contributed by atoms with Gasteiger partial charge in [-0.15, -0.1) is 0 Å². The zero-order valence-corrected chi connectivity index (χ0v) is 14.0. The van der Waals surface area contributed by atoms with E-state index in [1.165, 1.54) is 33.0 Å². The van der Waals surface area contributed by atoms with Gasteiger partial charge in [0, 0.05) is 72.5 Å². The quantitative estimate of drug-likeness (QED) is 0.544. The van der Waals surface area contributed by atoms with Crippen molar-refractivity contribution in [3.63, 3.8) is 0 Å². The Kier molecular flexibility index (Phi) is 4.39. The van der Waals surface area contributed by atoms with Crippen LogP contribution in [0.3, 0.4) is 0 Å². The maximum Gasteiger partial charge on any atom is 0.0967 e. The van der Waals surface area contributed by atoms with Crippen LogP contribution in [0.4, 0.5) is 0 Å². The Hall–Kier alpha value is -0.376. The van der Waals surface area contributed by atoms with E-state index in [9.17, 15) is 0 Å². The van der Waals surface area contributed by atoms with Crippen LogP contribution in [-0.4, -0.2) is 9.97 Å². The molecule has 19 heavy (non-hydrogen) atoms. The SMILES string of the molecule is Cc1cnc2c(ccc3c(C)c(C)cnc32)c1C.[Eu]. The van der Waals surface area contributed by atoms with Crippen LogP contribution in [0.5, 0.6) is 0 Å². The van der Waals surface area contributed by atoms with Gasteiger partial charge in [-0.3, -0.25) is 9.97 Å². The van der Waals surface area contributed by atoms with Crippen molar-refractivity contribution < 1.29 is 49.4 Å². The molecule has 0 unspecified atom stereocenters. The van der Waals surface area contributed by atoms with E-state index < -0.39 is 0 Å². The second kappa shape index (κ2) is 5.55. The predicted octanol–water partition coefficient (Wildman–Crippen LogP) is 4.02. The van der Waals surface area contributed by atoms with E-state index in [1.54, 1.807) is 0 Å². The summed E-state index contributed by atoms with van der Waals surface area (Å²) in [5.74, 6) is 0. The average Bonchev–Trinajstić information content (AvgIpc) is 2.38. The van der Waals surface area contributed by atoms with E-state index in [1.807, 2.05) is 12.4 Å². The number of pyridine rings is 2. The molecule has 0 bridgehead atoms. The molecular weight excluding hydrogens is 372 g/mol. The van der Waals surface area contributed by atoms with Gasteiger partial charge in [-0.25, -0.2) is 0 Å². The number of hydrogen-bond acceptors (Lipinski definition) is 2. The van der Waals surface area contributed by atoms with Crippen molar-refractivity contribution in [2.24, 2.45) is 0 Å². The molecule has 0 atom stereocenters. The molecule has 0 aliphatic carbocycles. The van der Waals surface area contributed by atoms with Crippen molar-refractivity contribution >= 4 is 21.8 Å². The van der Waals surface area contributed by atoms with Gasteiger partial charge in [0.05, 0.1) is 11.0 Å². The Morgan fingerprint density at radius 1 is 0.684 bits per heavy atom. The topological polar surface area (TPSA) is 25.8 Å². The number of benzene rings is 1. The molecule has 3 rings (SSSR count). The minimum atomic E-state index is 0. The monoisotopic (exact) mass is 389 g/mol. The van der Waals surface area contributed by atoms with Gasteiger partial charge in [0.15, 0.2) is 0 Å². The van der Waals surface area contributed by atoms with Gasteiger partial charge < -0.3 is 0 Å². The predicted molar refractivity (Wildman–Crippen MR) is 76.0 cm³/mol. The minimum Gasteiger partial charge on any atom is -0.254 e. The molecule has 0 N–H and O–H groups in total. The number of hydrogen-bond donors (Lipinski definition) is 0. The molecule has 3 aromatic rings. The van der Waals surface area contributed by atoms with Crippen molar-refractivity contribution in [3.8, 4) is 0 Å². The number of nitrogens with zero attached hydrogens (tertiary/aromatic N) is 2. The van der Waals surface area contributed by atoms with Gasteiger partial charge in [0.2, 0.25) is 0 Å². The molecule has 2 nitrogen and oxygen atoms in total. The van der Waals surface area contributed by atoms with Crippen LogP contribution in [0.25, 0.3) is 21.8 Å². The number of rotatable bonds is 0. The maximum absolute atomic E-state index is 4.58. The second-order valence-electron chi connectivity index (χ2n) is 4.99. The van der Waals surface area contributed by atoms with Crippen molar-refractivity contribution in [3.05, 3.63) is 46.8 Å². The number of aromatic nitrogens is 2. The Morgan fingerprint density at radius 2 is 1.05 bits per heavy atom. The molecule has 0 fully saturated rings. The first-order valence-electron chi connectivity index (χ1n) is 6.20. The van der Waals surface area contributed by atoms with E-state index in [0.717, 1.165) is 11.0 Å². The molecule has 0 saturated carbocycles. The van der Waals surface area contributed by atoms with E-state index in [0.29, 0.717) is 0 Å². The summed E-state index contributed by atoms with van der Waals surface area (Å²) in [5, 5.41) is 2.41. The van der Waals surface area contributed by atoms with Crippen molar-refractivity contribution in [1.29, 1.82) is 0 Å². The molecule has 1 aromatic carbocycles. The third-order valence-electron chi connectivity index (χ3n) is 3.92. The molecule has 0 amide bonds.